The second-order valence-corrected chi connectivity index (χ2v) is 14.6. The summed E-state index contributed by atoms with van der Waals surface area (Å²) in [4.78, 5) is 39.0. The van der Waals surface area contributed by atoms with Crippen molar-refractivity contribution in [3.8, 4) is 17.0 Å². The van der Waals surface area contributed by atoms with Gasteiger partial charge in [-0.15, -0.1) is 0 Å². The van der Waals surface area contributed by atoms with Crippen molar-refractivity contribution < 1.29 is 24.2 Å². The van der Waals surface area contributed by atoms with Crippen molar-refractivity contribution in [1.29, 1.82) is 0 Å². The molecule has 1 spiro atoms. The number of carbonyl (C=O) groups excluding carboxylic acids is 2. The first-order chi connectivity index (χ1) is 23.0. The van der Waals surface area contributed by atoms with E-state index in [2.05, 4.69) is 54.3 Å². The molecule has 2 aromatic carbocycles. The van der Waals surface area contributed by atoms with E-state index in [-0.39, 0.29) is 30.2 Å². The first-order valence-electron chi connectivity index (χ1n) is 17.5. The number of aromatic nitrogens is 1. The average Bonchev–Trinajstić information content (AvgIpc) is 3.47. The van der Waals surface area contributed by atoms with E-state index >= 15 is 0 Å². The van der Waals surface area contributed by atoms with Gasteiger partial charge in [-0.25, -0.2) is 4.79 Å². The summed E-state index contributed by atoms with van der Waals surface area (Å²) in [5, 5.41) is 10.7. The summed E-state index contributed by atoms with van der Waals surface area (Å²) in [5.74, 6) is 0.897. The van der Waals surface area contributed by atoms with Crippen LogP contribution in [0.1, 0.15) is 70.7 Å². The summed E-state index contributed by atoms with van der Waals surface area (Å²) in [6.45, 7) is 13.8. The molecule has 0 saturated carbocycles. The van der Waals surface area contributed by atoms with Gasteiger partial charge in [-0.1, -0.05) is 61.9 Å². The van der Waals surface area contributed by atoms with Crippen LogP contribution >= 0.6 is 0 Å². The van der Waals surface area contributed by atoms with E-state index in [0.29, 0.717) is 19.7 Å². The predicted molar refractivity (Wildman–Crippen MR) is 185 cm³/mol. The number of aliphatic hydroxyl groups is 1. The maximum absolute atomic E-state index is 14.6. The number of ether oxygens (including phenoxy) is 2. The van der Waals surface area contributed by atoms with Crippen molar-refractivity contribution in [2.75, 3.05) is 32.8 Å². The fraction of sp³-hybridized carbons (Fsp3) is 0.513. The highest BCUT2D eigenvalue weighted by Gasteiger charge is 2.51. The number of hydrogen-bond acceptors (Lipinski definition) is 7. The molecule has 4 atom stereocenters. The molecule has 9 heteroatoms. The Morgan fingerprint density at radius 3 is 2.48 bits per heavy atom. The number of para-hydroxylation sites is 1. The van der Waals surface area contributed by atoms with E-state index < -0.39 is 23.8 Å². The lowest BCUT2D eigenvalue weighted by Gasteiger charge is -2.53. The summed E-state index contributed by atoms with van der Waals surface area (Å²) in [6.07, 6.45) is 0.661. The molecule has 3 aliphatic heterocycles. The number of nitrogens with zero attached hydrogens (tertiary/aromatic N) is 4. The number of amides is 2. The standard InChI is InChI=1S/C39H50N4O5/c1-6-28-23-41(22-27-13-9-8-10-14-27)20-19-39(28)26-42(36(45)34-21-29(44)24-43(34)37(46)48-38(3,4)5)25-33-31(39)17-18-32(40-33)30-15-11-12-16-35(30)47-7-2/h8-18,28-29,34,44H,6-7,19-26H2,1-5H3/t28?,29-,34+,39?/m0/s1. The normalized spacial score (nSPS) is 24.4. The summed E-state index contributed by atoms with van der Waals surface area (Å²) in [6, 6.07) is 22.1. The topological polar surface area (TPSA) is 95.4 Å². The smallest absolute Gasteiger partial charge is 0.411 e. The summed E-state index contributed by atoms with van der Waals surface area (Å²) in [7, 11) is 0. The fourth-order valence-corrected chi connectivity index (χ4v) is 7.99. The highest BCUT2D eigenvalue weighted by Crippen LogP contribution is 2.47. The predicted octanol–water partition coefficient (Wildman–Crippen LogP) is 6.03. The van der Waals surface area contributed by atoms with Gasteiger partial charge in [0.2, 0.25) is 5.91 Å². The molecule has 0 bridgehead atoms. The van der Waals surface area contributed by atoms with Crippen LogP contribution in [0.25, 0.3) is 11.3 Å². The van der Waals surface area contributed by atoms with Gasteiger partial charge in [0.25, 0.3) is 0 Å². The number of fused-ring (bicyclic) bond motifs is 2. The van der Waals surface area contributed by atoms with Crippen LogP contribution in [-0.2, 0) is 28.0 Å². The molecule has 3 aromatic rings. The molecular weight excluding hydrogens is 604 g/mol. The number of carbonyl (C=O) groups is 2. The molecule has 2 unspecified atom stereocenters. The van der Waals surface area contributed by atoms with Crippen LogP contribution in [0.3, 0.4) is 0 Å². The van der Waals surface area contributed by atoms with E-state index in [1.165, 1.54) is 16.0 Å². The third kappa shape index (κ3) is 6.94. The molecule has 4 heterocycles. The number of piperidine rings is 1. The molecule has 48 heavy (non-hydrogen) atoms. The Morgan fingerprint density at radius 2 is 1.75 bits per heavy atom. The minimum absolute atomic E-state index is 0.0729. The van der Waals surface area contributed by atoms with Gasteiger partial charge in [-0.2, -0.15) is 0 Å². The number of pyridine rings is 1. The molecular formula is C39H50N4O5. The van der Waals surface area contributed by atoms with Gasteiger partial charge >= 0.3 is 6.09 Å². The third-order valence-corrected chi connectivity index (χ3v) is 10.2. The summed E-state index contributed by atoms with van der Waals surface area (Å²) in [5.41, 5.74) is 4.10. The number of aliphatic hydroxyl groups excluding tert-OH is 1. The Bertz CT molecular complexity index is 1610. The Balaban J connectivity index is 1.37. The largest absolute Gasteiger partial charge is 0.493 e. The van der Waals surface area contributed by atoms with Gasteiger partial charge in [0.05, 0.1) is 37.2 Å². The van der Waals surface area contributed by atoms with Crippen molar-refractivity contribution >= 4 is 12.0 Å². The highest BCUT2D eigenvalue weighted by atomic mass is 16.6. The Labute approximate surface area is 284 Å². The van der Waals surface area contributed by atoms with E-state index in [1.807, 2.05) is 56.9 Å². The Kier molecular flexibility index (Phi) is 9.81. The lowest BCUT2D eigenvalue weighted by molar-refractivity contribution is -0.139. The van der Waals surface area contributed by atoms with Crippen LogP contribution in [-0.4, -0.2) is 87.3 Å². The molecule has 9 nitrogen and oxygen atoms in total. The Morgan fingerprint density at radius 1 is 1.00 bits per heavy atom. The van der Waals surface area contributed by atoms with Crippen LogP contribution in [0.5, 0.6) is 5.75 Å². The van der Waals surface area contributed by atoms with Crippen LogP contribution in [0.2, 0.25) is 0 Å². The molecule has 2 amide bonds. The number of β-amino-alcohol motifs (C(OH)–C–C–N with tert-alkyl or cyclic N) is 1. The van der Waals surface area contributed by atoms with Gasteiger partial charge in [0.15, 0.2) is 0 Å². The number of likely N-dealkylation sites (tertiary alicyclic amines) is 2. The van der Waals surface area contributed by atoms with Crippen molar-refractivity contribution in [3.05, 3.63) is 83.6 Å². The average molecular weight is 655 g/mol. The quantitative estimate of drug-likeness (QED) is 0.333. The summed E-state index contributed by atoms with van der Waals surface area (Å²) < 4.78 is 11.6. The van der Waals surface area contributed by atoms with Crippen LogP contribution < -0.4 is 4.74 Å². The van der Waals surface area contributed by atoms with Crippen molar-refractivity contribution in [3.63, 3.8) is 0 Å². The SMILES string of the molecule is CCOc1ccccc1-c1ccc2c(n1)CN(C(=O)[C@H]1C[C@H](O)CN1C(=O)OC(C)(C)C)CC21CCN(Cc2ccccc2)CC1CC. The fourth-order valence-electron chi connectivity index (χ4n) is 7.99. The third-order valence-electron chi connectivity index (χ3n) is 10.2. The Hall–Kier alpha value is -3.95. The zero-order valence-electron chi connectivity index (χ0n) is 29.0. The molecule has 0 aliphatic carbocycles. The first-order valence-corrected chi connectivity index (χ1v) is 17.5. The summed E-state index contributed by atoms with van der Waals surface area (Å²) >= 11 is 0. The zero-order chi connectivity index (χ0) is 34.1. The maximum Gasteiger partial charge on any atom is 0.411 e. The molecule has 1 N–H and O–H groups in total. The van der Waals surface area contributed by atoms with Gasteiger partial charge in [-0.05, 0) is 75.9 Å². The van der Waals surface area contributed by atoms with Gasteiger partial charge in [0, 0.05) is 37.0 Å². The monoisotopic (exact) mass is 654 g/mol. The molecule has 2 saturated heterocycles. The molecule has 1 aromatic heterocycles. The van der Waals surface area contributed by atoms with Crippen molar-refractivity contribution in [2.45, 2.75) is 90.1 Å². The molecule has 2 fully saturated rings. The second-order valence-electron chi connectivity index (χ2n) is 14.6. The van der Waals surface area contributed by atoms with Crippen LogP contribution in [0.4, 0.5) is 4.79 Å². The van der Waals surface area contributed by atoms with Gasteiger partial charge < -0.3 is 19.5 Å². The zero-order valence-corrected chi connectivity index (χ0v) is 29.0. The number of hydrogen-bond donors (Lipinski definition) is 1. The van der Waals surface area contributed by atoms with Crippen LogP contribution in [0, 0.1) is 5.92 Å². The minimum Gasteiger partial charge on any atom is -0.493 e. The molecule has 3 aliphatic rings. The maximum atomic E-state index is 14.6. The number of rotatable bonds is 7. The van der Waals surface area contributed by atoms with Crippen molar-refractivity contribution in [1.82, 2.24) is 19.7 Å². The van der Waals surface area contributed by atoms with Crippen LogP contribution in [0.15, 0.2) is 66.7 Å². The lowest BCUT2D eigenvalue weighted by atomic mass is 9.62. The molecule has 256 valence electrons. The van der Waals surface area contributed by atoms with E-state index in [9.17, 15) is 14.7 Å². The minimum atomic E-state index is -0.798. The van der Waals surface area contributed by atoms with E-state index in [1.54, 1.807) is 0 Å². The van der Waals surface area contributed by atoms with Crippen molar-refractivity contribution in [2.24, 2.45) is 5.92 Å². The van der Waals surface area contributed by atoms with Gasteiger partial charge in [-0.3, -0.25) is 19.6 Å². The number of benzene rings is 2. The van der Waals surface area contributed by atoms with Gasteiger partial charge in [0.1, 0.15) is 17.4 Å². The van der Waals surface area contributed by atoms with E-state index in [4.69, 9.17) is 14.5 Å². The molecule has 0 radical (unpaired) electrons. The molecule has 6 rings (SSSR count). The van der Waals surface area contributed by atoms with E-state index in [0.717, 1.165) is 55.2 Å². The first kappa shape index (κ1) is 33.9. The highest BCUT2D eigenvalue weighted by molar-refractivity contribution is 5.87. The second kappa shape index (κ2) is 13.9. The lowest BCUT2D eigenvalue weighted by Crippen LogP contribution is -2.60.